The third-order valence-corrected chi connectivity index (χ3v) is 2.67. The number of phenols is 4. The third-order valence-electron chi connectivity index (χ3n) is 2.67. The Morgan fingerprint density at radius 3 is 1.65 bits per heavy atom. The Labute approximate surface area is 115 Å². The predicted molar refractivity (Wildman–Crippen MR) is 75.0 cm³/mol. The number of rotatable bonds is 3. The maximum Gasteiger partial charge on any atom is 0.202 e. The summed E-state index contributed by atoms with van der Waals surface area (Å²) in [5.74, 6) is -0.441. The van der Waals surface area contributed by atoms with Crippen LogP contribution in [-0.2, 0) is 0 Å². The highest BCUT2D eigenvalue weighted by Gasteiger charge is 2.08. The minimum atomic E-state index is -0.175. The van der Waals surface area contributed by atoms with E-state index in [0.29, 0.717) is 11.1 Å². The number of aromatic hydroxyl groups is 4. The van der Waals surface area contributed by atoms with Gasteiger partial charge in [-0.1, -0.05) is 12.2 Å². The molecule has 0 aliphatic carbocycles. The molecule has 104 valence electrons. The van der Waals surface area contributed by atoms with Gasteiger partial charge in [0.05, 0.1) is 7.11 Å². The second kappa shape index (κ2) is 5.44. The Morgan fingerprint density at radius 1 is 0.750 bits per heavy atom. The Hall–Kier alpha value is -2.82. The number of benzene rings is 2. The van der Waals surface area contributed by atoms with E-state index in [1.54, 1.807) is 12.2 Å². The molecule has 0 aromatic heterocycles. The lowest BCUT2D eigenvalue weighted by Crippen LogP contribution is -1.85. The van der Waals surface area contributed by atoms with Crippen LogP contribution >= 0.6 is 0 Å². The fourth-order valence-corrected chi connectivity index (χ4v) is 1.83. The summed E-state index contributed by atoms with van der Waals surface area (Å²) in [5, 5.41) is 38.0. The molecule has 0 fully saturated rings. The maximum atomic E-state index is 9.66. The van der Waals surface area contributed by atoms with Crippen molar-refractivity contribution in [1.29, 1.82) is 0 Å². The largest absolute Gasteiger partial charge is 0.508 e. The van der Waals surface area contributed by atoms with Gasteiger partial charge in [0.15, 0.2) is 11.5 Å². The van der Waals surface area contributed by atoms with Crippen LogP contribution in [0.15, 0.2) is 30.3 Å². The van der Waals surface area contributed by atoms with E-state index in [2.05, 4.69) is 0 Å². The van der Waals surface area contributed by atoms with E-state index in [-0.39, 0.29) is 28.7 Å². The molecule has 0 amide bonds. The minimum Gasteiger partial charge on any atom is -0.508 e. The monoisotopic (exact) mass is 274 g/mol. The van der Waals surface area contributed by atoms with E-state index in [9.17, 15) is 20.4 Å². The molecular formula is C15H14O5. The van der Waals surface area contributed by atoms with Crippen molar-refractivity contribution in [2.45, 2.75) is 0 Å². The number of hydrogen-bond donors (Lipinski definition) is 4. The van der Waals surface area contributed by atoms with Crippen molar-refractivity contribution in [3.8, 4) is 28.7 Å². The molecule has 0 aliphatic rings. The molecule has 0 saturated heterocycles. The first-order chi connectivity index (χ1) is 9.49. The standard InChI is InChI=1S/C15H14O5/c1-20-15-13(18)6-10(7-14(15)19)3-2-9-4-11(16)8-12(17)5-9/h2-8,16-19H,1H3/b3-2+. The van der Waals surface area contributed by atoms with E-state index in [1.165, 1.54) is 37.4 Å². The van der Waals surface area contributed by atoms with E-state index in [1.807, 2.05) is 0 Å². The molecule has 0 bridgehead atoms. The average Bonchev–Trinajstić information content (AvgIpc) is 2.35. The lowest BCUT2D eigenvalue weighted by atomic mass is 10.1. The first-order valence-electron chi connectivity index (χ1n) is 5.80. The Bertz CT molecular complexity index is 618. The fraction of sp³-hybridized carbons (Fsp3) is 0.0667. The maximum absolute atomic E-state index is 9.66. The van der Waals surface area contributed by atoms with Crippen LogP contribution in [0.1, 0.15) is 11.1 Å². The Kier molecular flexibility index (Phi) is 3.70. The van der Waals surface area contributed by atoms with Crippen molar-refractivity contribution < 1.29 is 25.2 Å². The quantitative estimate of drug-likeness (QED) is 0.646. The molecule has 2 rings (SSSR count). The molecule has 0 atom stereocenters. The lowest BCUT2D eigenvalue weighted by molar-refractivity contribution is 0.344. The van der Waals surface area contributed by atoms with Gasteiger partial charge in [0.25, 0.3) is 0 Å². The van der Waals surface area contributed by atoms with Gasteiger partial charge in [-0.15, -0.1) is 0 Å². The SMILES string of the molecule is COc1c(O)cc(/C=C/c2cc(O)cc(O)c2)cc1O. The highest BCUT2D eigenvalue weighted by Crippen LogP contribution is 2.37. The van der Waals surface area contributed by atoms with Crippen molar-refractivity contribution in [2.75, 3.05) is 7.11 Å². The van der Waals surface area contributed by atoms with Gasteiger partial charge in [-0.2, -0.15) is 0 Å². The summed E-state index contributed by atoms with van der Waals surface area (Å²) in [6, 6.07) is 7.02. The molecule has 5 heteroatoms. The van der Waals surface area contributed by atoms with E-state index < -0.39 is 0 Å². The summed E-state index contributed by atoms with van der Waals surface area (Å²) in [6.45, 7) is 0. The van der Waals surface area contributed by atoms with Crippen LogP contribution in [0.25, 0.3) is 12.2 Å². The first-order valence-corrected chi connectivity index (χ1v) is 5.80. The van der Waals surface area contributed by atoms with Crippen LogP contribution in [0.5, 0.6) is 28.7 Å². The Morgan fingerprint density at radius 2 is 1.20 bits per heavy atom. The fourth-order valence-electron chi connectivity index (χ4n) is 1.83. The van der Waals surface area contributed by atoms with Gasteiger partial charge in [0.2, 0.25) is 5.75 Å². The van der Waals surface area contributed by atoms with Crippen LogP contribution in [-0.4, -0.2) is 27.5 Å². The van der Waals surface area contributed by atoms with E-state index >= 15 is 0 Å². The van der Waals surface area contributed by atoms with Crippen LogP contribution in [0.4, 0.5) is 0 Å². The van der Waals surface area contributed by atoms with Gasteiger partial charge < -0.3 is 25.2 Å². The zero-order chi connectivity index (χ0) is 14.7. The molecule has 0 aliphatic heterocycles. The minimum absolute atomic E-state index is 0.0113. The van der Waals surface area contributed by atoms with Gasteiger partial charge in [-0.25, -0.2) is 0 Å². The van der Waals surface area contributed by atoms with Crippen molar-refractivity contribution >= 4 is 12.2 Å². The second-order valence-corrected chi connectivity index (χ2v) is 4.21. The predicted octanol–water partition coefficient (Wildman–Crippen LogP) is 2.69. The molecule has 0 unspecified atom stereocenters. The van der Waals surface area contributed by atoms with Crippen LogP contribution in [0.3, 0.4) is 0 Å². The number of methoxy groups -OCH3 is 1. The van der Waals surface area contributed by atoms with Gasteiger partial charge in [0.1, 0.15) is 11.5 Å². The number of hydrogen-bond acceptors (Lipinski definition) is 5. The topological polar surface area (TPSA) is 90.2 Å². The molecule has 20 heavy (non-hydrogen) atoms. The molecule has 0 radical (unpaired) electrons. The molecule has 0 spiro atoms. The van der Waals surface area contributed by atoms with E-state index in [4.69, 9.17) is 4.74 Å². The van der Waals surface area contributed by atoms with Gasteiger partial charge >= 0.3 is 0 Å². The molecule has 2 aromatic rings. The lowest BCUT2D eigenvalue weighted by Gasteiger charge is -2.06. The number of phenolic OH excluding ortho intramolecular Hbond substituents is 4. The zero-order valence-electron chi connectivity index (χ0n) is 10.7. The van der Waals surface area contributed by atoms with Crippen LogP contribution < -0.4 is 4.74 Å². The van der Waals surface area contributed by atoms with Crippen molar-refractivity contribution in [3.05, 3.63) is 41.5 Å². The summed E-state index contributed by atoms with van der Waals surface area (Å²) in [5.41, 5.74) is 1.13. The van der Waals surface area contributed by atoms with Gasteiger partial charge in [-0.3, -0.25) is 0 Å². The first kappa shape index (κ1) is 13.6. The summed E-state index contributed by atoms with van der Waals surface area (Å²) in [6.07, 6.45) is 3.24. The summed E-state index contributed by atoms with van der Waals surface area (Å²) in [4.78, 5) is 0. The normalized spacial score (nSPS) is 10.8. The van der Waals surface area contributed by atoms with Gasteiger partial charge in [-0.05, 0) is 35.4 Å². The summed E-state index contributed by atoms with van der Waals surface area (Å²) in [7, 11) is 1.35. The van der Waals surface area contributed by atoms with Gasteiger partial charge in [0, 0.05) is 6.07 Å². The third kappa shape index (κ3) is 2.95. The molecule has 4 N–H and O–H groups in total. The Balaban J connectivity index is 2.32. The molecule has 0 saturated carbocycles. The smallest absolute Gasteiger partial charge is 0.202 e. The number of ether oxygens (including phenoxy) is 1. The van der Waals surface area contributed by atoms with Crippen LogP contribution in [0.2, 0.25) is 0 Å². The second-order valence-electron chi connectivity index (χ2n) is 4.21. The molecule has 0 heterocycles. The van der Waals surface area contributed by atoms with Crippen molar-refractivity contribution in [2.24, 2.45) is 0 Å². The zero-order valence-corrected chi connectivity index (χ0v) is 10.7. The van der Waals surface area contributed by atoms with Crippen molar-refractivity contribution in [1.82, 2.24) is 0 Å². The average molecular weight is 274 g/mol. The molecule has 5 nitrogen and oxygen atoms in total. The highest BCUT2D eigenvalue weighted by molar-refractivity contribution is 5.73. The molecule has 2 aromatic carbocycles. The summed E-state index contributed by atoms with van der Waals surface area (Å²) >= 11 is 0. The van der Waals surface area contributed by atoms with E-state index in [0.717, 1.165) is 0 Å². The van der Waals surface area contributed by atoms with Crippen molar-refractivity contribution in [3.63, 3.8) is 0 Å². The molecular weight excluding hydrogens is 260 g/mol. The highest BCUT2D eigenvalue weighted by atomic mass is 16.5. The summed E-state index contributed by atoms with van der Waals surface area (Å²) < 4.78 is 4.83. The van der Waals surface area contributed by atoms with Crippen LogP contribution in [0, 0.1) is 0 Å².